The number of Topliss-reactive ketones (excluding diaryl/α,β-unsaturated/α-hetero) is 1. The molecule has 0 aliphatic carbocycles. The molecule has 182 valence electrons. The number of benzene rings is 2. The number of rotatable bonds is 3. The lowest BCUT2D eigenvalue weighted by Crippen LogP contribution is -2.49. The Kier molecular flexibility index (Phi) is 6.36. The van der Waals surface area contributed by atoms with Crippen LogP contribution in [0.25, 0.3) is 10.9 Å². The van der Waals surface area contributed by atoms with Crippen molar-refractivity contribution in [3.63, 3.8) is 0 Å². The van der Waals surface area contributed by atoms with Gasteiger partial charge < -0.3 is 9.80 Å². The highest BCUT2D eigenvalue weighted by molar-refractivity contribution is 5.98. The van der Waals surface area contributed by atoms with E-state index in [0.29, 0.717) is 60.4 Å². The molecule has 0 bridgehead atoms. The summed E-state index contributed by atoms with van der Waals surface area (Å²) in [6, 6.07) is 9.67. The predicted octanol–water partition coefficient (Wildman–Crippen LogP) is 3.82. The number of aromatic nitrogens is 2. The number of carbonyl (C=O) groups is 2. The van der Waals surface area contributed by atoms with Crippen LogP contribution in [-0.4, -0.2) is 52.3 Å². The first-order chi connectivity index (χ1) is 16.9. The van der Waals surface area contributed by atoms with Gasteiger partial charge in [-0.05, 0) is 56.2 Å². The quantitative estimate of drug-likeness (QED) is 0.538. The normalized spacial score (nSPS) is 16.5. The summed E-state index contributed by atoms with van der Waals surface area (Å²) in [5, 5.41) is 0.542. The lowest BCUT2D eigenvalue weighted by Gasteiger charge is -2.36. The number of aryl methyl sites for hydroxylation is 1. The summed E-state index contributed by atoms with van der Waals surface area (Å²) in [5.41, 5.74) is 1.83. The van der Waals surface area contributed by atoms with Gasteiger partial charge in [0, 0.05) is 50.3 Å². The van der Waals surface area contributed by atoms with Gasteiger partial charge in [-0.3, -0.25) is 19.0 Å². The fourth-order valence-corrected chi connectivity index (χ4v) is 5.04. The van der Waals surface area contributed by atoms with Gasteiger partial charge in [-0.15, -0.1) is 0 Å². The Hall–Kier alpha value is -3.55. The van der Waals surface area contributed by atoms with Gasteiger partial charge in [0.05, 0.1) is 16.6 Å². The van der Waals surface area contributed by atoms with Crippen molar-refractivity contribution in [1.82, 2.24) is 14.5 Å². The highest BCUT2D eigenvalue weighted by atomic mass is 19.1. The Morgan fingerprint density at radius 1 is 0.886 bits per heavy atom. The molecule has 1 saturated heterocycles. The van der Waals surface area contributed by atoms with Crippen molar-refractivity contribution in [2.24, 2.45) is 0 Å². The van der Waals surface area contributed by atoms with E-state index in [1.807, 2.05) is 4.90 Å². The first-order valence-electron chi connectivity index (χ1n) is 12.3. The van der Waals surface area contributed by atoms with Gasteiger partial charge in [0.2, 0.25) is 0 Å². The van der Waals surface area contributed by atoms with Crippen LogP contribution in [-0.2, 0) is 13.0 Å². The average molecular weight is 477 g/mol. The second kappa shape index (κ2) is 9.60. The van der Waals surface area contributed by atoms with Crippen molar-refractivity contribution in [2.45, 2.75) is 45.6 Å². The molecule has 2 aliphatic heterocycles. The number of piperazine rings is 1. The summed E-state index contributed by atoms with van der Waals surface area (Å²) in [6.07, 6.45) is 5.03. The largest absolute Gasteiger partial charge is 0.366 e. The smallest absolute Gasteiger partial charge is 0.261 e. The summed E-state index contributed by atoms with van der Waals surface area (Å²) in [4.78, 5) is 46.2. The predicted molar refractivity (Wildman–Crippen MR) is 133 cm³/mol. The van der Waals surface area contributed by atoms with E-state index in [9.17, 15) is 18.8 Å². The third-order valence-corrected chi connectivity index (χ3v) is 7.08. The minimum atomic E-state index is -0.431. The van der Waals surface area contributed by atoms with E-state index in [2.05, 4.69) is 0 Å². The molecular formula is C27H29FN4O3. The number of fused-ring (bicyclic) bond motifs is 2. The summed E-state index contributed by atoms with van der Waals surface area (Å²) in [6.45, 7) is 3.98. The van der Waals surface area contributed by atoms with E-state index >= 15 is 0 Å². The van der Waals surface area contributed by atoms with Crippen molar-refractivity contribution in [3.8, 4) is 0 Å². The minimum Gasteiger partial charge on any atom is -0.366 e. The Labute approximate surface area is 203 Å². The molecule has 3 aromatic rings. The summed E-state index contributed by atoms with van der Waals surface area (Å²) in [5.74, 6) is 0.0787. The molecular weight excluding hydrogens is 447 g/mol. The molecule has 7 nitrogen and oxygen atoms in total. The Morgan fingerprint density at radius 3 is 2.37 bits per heavy atom. The zero-order chi connectivity index (χ0) is 24.5. The first-order valence-corrected chi connectivity index (χ1v) is 12.3. The van der Waals surface area contributed by atoms with Crippen molar-refractivity contribution < 1.29 is 14.0 Å². The number of anilines is 1. The molecule has 0 saturated carbocycles. The summed E-state index contributed by atoms with van der Waals surface area (Å²) in [7, 11) is 0. The highest BCUT2D eigenvalue weighted by Crippen LogP contribution is 2.23. The molecule has 2 aromatic carbocycles. The number of amides is 1. The third-order valence-electron chi connectivity index (χ3n) is 7.08. The van der Waals surface area contributed by atoms with Crippen LogP contribution in [0, 0.1) is 5.82 Å². The van der Waals surface area contributed by atoms with Crippen molar-refractivity contribution in [3.05, 3.63) is 69.5 Å². The van der Waals surface area contributed by atoms with Crippen LogP contribution in [0.3, 0.4) is 0 Å². The molecule has 5 rings (SSSR count). The molecule has 1 fully saturated rings. The van der Waals surface area contributed by atoms with Crippen LogP contribution in [0.4, 0.5) is 10.1 Å². The second-order valence-electron chi connectivity index (χ2n) is 9.38. The van der Waals surface area contributed by atoms with Crippen molar-refractivity contribution in [2.75, 3.05) is 31.1 Å². The van der Waals surface area contributed by atoms with Gasteiger partial charge in [0.1, 0.15) is 11.6 Å². The summed E-state index contributed by atoms with van der Waals surface area (Å²) >= 11 is 0. The van der Waals surface area contributed by atoms with E-state index in [0.717, 1.165) is 37.9 Å². The van der Waals surface area contributed by atoms with Crippen molar-refractivity contribution in [1.29, 1.82) is 0 Å². The fourth-order valence-electron chi connectivity index (χ4n) is 5.04. The Morgan fingerprint density at radius 2 is 1.63 bits per heavy atom. The average Bonchev–Trinajstić information content (AvgIpc) is 2.84. The lowest BCUT2D eigenvalue weighted by molar-refractivity contribution is 0.0746. The zero-order valence-corrected chi connectivity index (χ0v) is 19.9. The van der Waals surface area contributed by atoms with E-state index in [1.54, 1.807) is 39.8 Å². The maximum Gasteiger partial charge on any atom is 0.261 e. The number of hydrogen-bond acceptors (Lipinski definition) is 5. The van der Waals surface area contributed by atoms with Crippen LogP contribution < -0.4 is 10.5 Å². The standard InChI is InChI=1S/C27H29FN4O3/c1-18(33)19-8-10-24(22(28)16-19)30-12-14-31(15-13-30)26(34)20-7-9-21-23(17-20)29-25-6-4-2-3-5-11-32(25)27(21)35/h7-10,16-17H,2-6,11-15H2,1H3. The Bertz CT molecular complexity index is 1360. The fraction of sp³-hybridized carbons (Fsp3) is 0.407. The molecule has 1 amide bonds. The van der Waals surface area contributed by atoms with Crippen molar-refractivity contribution >= 4 is 28.3 Å². The third kappa shape index (κ3) is 4.57. The molecule has 3 heterocycles. The second-order valence-corrected chi connectivity index (χ2v) is 9.38. The lowest BCUT2D eigenvalue weighted by atomic mass is 10.1. The van der Waals surface area contributed by atoms with Crippen LogP contribution >= 0.6 is 0 Å². The number of ketones is 1. The van der Waals surface area contributed by atoms with Gasteiger partial charge in [-0.1, -0.05) is 12.8 Å². The maximum atomic E-state index is 14.6. The first kappa shape index (κ1) is 23.2. The number of carbonyl (C=O) groups excluding carboxylic acids is 2. The molecule has 0 unspecified atom stereocenters. The number of hydrogen-bond donors (Lipinski definition) is 0. The highest BCUT2D eigenvalue weighted by Gasteiger charge is 2.25. The molecule has 1 aromatic heterocycles. The van der Waals surface area contributed by atoms with Gasteiger partial charge in [-0.25, -0.2) is 9.37 Å². The topological polar surface area (TPSA) is 75.5 Å². The zero-order valence-electron chi connectivity index (χ0n) is 19.9. The number of nitrogens with zero attached hydrogens (tertiary/aromatic N) is 4. The van der Waals surface area contributed by atoms with E-state index in [-0.39, 0.29) is 17.2 Å². The molecule has 8 heteroatoms. The van der Waals surface area contributed by atoms with Gasteiger partial charge >= 0.3 is 0 Å². The van der Waals surface area contributed by atoms with Crippen LogP contribution in [0.1, 0.15) is 59.1 Å². The Balaban J connectivity index is 1.33. The molecule has 2 aliphatic rings. The van der Waals surface area contributed by atoms with Crippen LogP contribution in [0.5, 0.6) is 0 Å². The number of halogens is 1. The van der Waals surface area contributed by atoms with Gasteiger partial charge in [0.25, 0.3) is 11.5 Å². The molecule has 0 N–H and O–H groups in total. The van der Waals surface area contributed by atoms with E-state index in [4.69, 9.17) is 4.98 Å². The molecule has 0 atom stereocenters. The maximum absolute atomic E-state index is 14.6. The van der Waals surface area contributed by atoms with Gasteiger partial charge in [-0.2, -0.15) is 0 Å². The molecule has 0 radical (unpaired) electrons. The van der Waals surface area contributed by atoms with E-state index in [1.165, 1.54) is 13.0 Å². The van der Waals surface area contributed by atoms with Crippen LogP contribution in [0.15, 0.2) is 41.2 Å². The molecule has 35 heavy (non-hydrogen) atoms. The van der Waals surface area contributed by atoms with Gasteiger partial charge in [0.15, 0.2) is 5.78 Å². The summed E-state index contributed by atoms with van der Waals surface area (Å²) < 4.78 is 16.4. The van der Waals surface area contributed by atoms with E-state index < -0.39 is 5.82 Å². The monoisotopic (exact) mass is 476 g/mol. The molecule has 0 spiro atoms. The van der Waals surface area contributed by atoms with Crippen LogP contribution in [0.2, 0.25) is 0 Å². The SMILES string of the molecule is CC(=O)c1ccc(N2CCN(C(=O)c3ccc4c(=O)n5c(nc4c3)CCCCCC5)CC2)c(F)c1. The minimum absolute atomic E-state index is 0.0302.